The first kappa shape index (κ1) is 17.8. The van der Waals surface area contributed by atoms with E-state index < -0.39 is 0 Å². The molecule has 0 radical (unpaired) electrons. The fourth-order valence-electron chi connectivity index (χ4n) is 4.75. The maximum absolute atomic E-state index is 12.8. The van der Waals surface area contributed by atoms with Crippen LogP contribution in [0.1, 0.15) is 46.6 Å². The van der Waals surface area contributed by atoms with Crippen LogP contribution in [0.2, 0.25) is 0 Å². The first-order valence-electron chi connectivity index (χ1n) is 10.1. The van der Waals surface area contributed by atoms with Crippen molar-refractivity contribution in [3.8, 4) is 11.4 Å². The Labute approximate surface area is 168 Å². The van der Waals surface area contributed by atoms with Gasteiger partial charge in [0.2, 0.25) is 0 Å². The number of nitrogens with zero attached hydrogens (tertiary/aromatic N) is 3. The summed E-state index contributed by atoms with van der Waals surface area (Å²) in [5.41, 5.74) is 3.95. The fraction of sp³-hybridized carbons (Fsp3) is 0.364. The minimum Gasteiger partial charge on any atom is -0.338 e. The largest absolute Gasteiger partial charge is 0.338 e. The summed E-state index contributed by atoms with van der Waals surface area (Å²) in [5.74, 6) is 0.649. The number of amides is 1. The molecule has 1 fully saturated rings. The molecule has 5 rings (SSSR count). The van der Waals surface area contributed by atoms with Crippen LogP contribution in [0, 0.1) is 6.92 Å². The number of piperidine rings is 1. The molecule has 2 N–H and O–H groups in total. The topological polar surface area (TPSA) is 94.7 Å². The zero-order chi connectivity index (χ0) is 20.0. The predicted molar refractivity (Wildman–Crippen MR) is 109 cm³/mol. The van der Waals surface area contributed by atoms with Gasteiger partial charge in [0.25, 0.3) is 11.5 Å². The lowest BCUT2D eigenvalue weighted by atomic mass is 9.76. The minimum atomic E-state index is -0.116. The van der Waals surface area contributed by atoms with Crippen molar-refractivity contribution in [3.63, 3.8) is 0 Å². The maximum Gasteiger partial charge on any atom is 0.257 e. The number of carbonyl (C=O) groups excluding carboxylic acids is 1. The lowest BCUT2D eigenvalue weighted by molar-refractivity contribution is 0.0663. The van der Waals surface area contributed by atoms with Crippen molar-refractivity contribution in [2.75, 3.05) is 13.1 Å². The minimum absolute atomic E-state index is 0.0214. The highest BCUT2D eigenvalue weighted by molar-refractivity contribution is 5.95. The van der Waals surface area contributed by atoms with Crippen LogP contribution in [0.5, 0.6) is 0 Å². The van der Waals surface area contributed by atoms with Gasteiger partial charge in [-0.25, -0.2) is 4.98 Å². The average Bonchev–Trinajstić information content (AvgIpc) is 3.33. The molecule has 0 unspecified atom stereocenters. The molecule has 7 heteroatoms. The van der Waals surface area contributed by atoms with E-state index in [1.54, 1.807) is 6.20 Å². The Bertz CT molecular complexity index is 1120. The molecule has 3 aromatic rings. The van der Waals surface area contributed by atoms with Gasteiger partial charge < -0.3 is 9.88 Å². The molecule has 2 aromatic heterocycles. The zero-order valence-corrected chi connectivity index (χ0v) is 16.4. The summed E-state index contributed by atoms with van der Waals surface area (Å²) >= 11 is 0. The van der Waals surface area contributed by atoms with Crippen LogP contribution in [0.4, 0.5) is 0 Å². The lowest BCUT2D eigenvalue weighted by Crippen LogP contribution is -2.45. The third kappa shape index (κ3) is 2.88. The third-order valence-corrected chi connectivity index (χ3v) is 6.49. The molecular weight excluding hydrogens is 366 g/mol. The van der Waals surface area contributed by atoms with E-state index in [2.05, 4.69) is 15.2 Å². The van der Waals surface area contributed by atoms with Gasteiger partial charge in [0.15, 0.2) is 0 Å². The fourth-order valence-corrected chi connectivity index (χ4v) is 4.75. The Hall–Kier alpha value is -3.22. The first-order chi connectivity index (χ1) is 14.1. The van der Waals surface area contributed by atoms with Gasteiger partial charge >= 0.3 is 0 Å². The standard InChI is InChI=1S/C22H23N5O2/c1-14-17(13-23-26-14)21(29)27-11-9-22(10-12-27)8-7-16-18(22)24-19(25-20(16)28)15-5-3-2-4-6-15/h2-6,13H,7-12H2,1H3,(H,23,26)(H,24,25,28). The number of carbonyl (C=O) groups is 1. The van der Waals surface area contributed by atoms with Gasteiger partial charge in [-0.1, -0.05) is 30.3 Å². The summed E-state index contributed by atoms with van der Waals surface area (Å²) < 4.78 is 0. The van der Waals surface area contributed by atoms with Crippen molar-refractivity contribution in [3.05, 3.63) is 69.4 Å². The van der Waals surface area contributed by atoms with Crippen molar-refractivity contribution in [1.29, 1.82) is 0 Å². The molecule has 148 valence electrons. The van der Waals surface area contributed by atoms with E-state index in [1.165, 1.54) is 0 Å². The second kappa shape index (κ2) is 6.69. The number of H-pyrrole nitrogens is 2. The first-order valence-corrected chi connectivity index (χ1v) is 10.1. The van der Waals surface area contributed by atoms with Crippen LogP contribution in [0.3, 0.4) is 0 Å². The van der Waals surface area contributed by atoms with Crippen LogP contribution in [-0.2, 0) is 11.8 Å². The number of hydrogen-bond donors (Lipinski definition) is 2. The van der Waals surface area contributed by atoms with Gasteiger partial charge in [0.1, 0.15) is 5.82 Å². The second-order valence-corrected chi connectivity index (χ2v) is 8.09. The van der Waals surface area contributed by atoms with Gasteiger partial charge in [-0.3, -0.25) is 14.7 Å². The maximum atomic E-state index is 12.8. The summed E-state index contributed by atoms with van der Waals surface area (Å²) in [6, 6.07) is 9.76. The van der Waals surface area contributed by atoms with Crippen LogP contribution in [-0.4, -0.2) is 44.1 Å². The quantitative estimate of drug-likeness (QED) is 0.704. The molecule has 3 heterocycles. The summed E-state index contributed by atoms with van der Waals surface area (Å²) in [4.78, 5) is 35.3. The Morgan fingerprint density at radius 2 is 1.90 bits per heavy atom. The lowest BCUT2D eigenvalue weighted by Gasteiger charge is -2.39. The van der Waals surface area contributed by atoms with Crippen LogP contribution < -0.4 is 5.56 Å². The number of aromatic nitrogens is 4. The third-order valence-electron chi connectivity index (χ3n) is 6.49. The van der Waals surface area contributed by atoms with Gasteiger partial charge in [0.05, 0.1) is 17.5 Å². The Morgan fingerprint density at radius 1 is 1.14 bits per heavy atom. The van der Waals surface area contributed by atoms with Gasteiger partial charge in [-0.05, 0) is 32.6 Å². The summed E-state index contributed by atoms with van der Waals surface area (Å²) in [6.07, 6.45) is 4.92. The van der Waals surface area contributed by atoms with E-state index in [0.29, 0.717) is 24.5 Å². The molecule has 1 aliphatic heterocycles. The number of aromatic amines is 2. The number of hydrogen-bond acceptors (Lipinski definition) is 4. The Kier molecular flexibility index (Phi) is 4.12. The van der Waals surface area contributed by atoms with Crippen LogP contribution in [0.25, 0.3) is 11.4 Å². The summed E-state index contributed by atoms with van der Waals surface area (Å²) in [5, 5.41) is 6.80. The van der Waals surface area contributed by atoms with Crippen LogP contribution in [0.15, 0.2) is 41.3 Å². The molecular formula is C22H23N5O2. The molecule has 1 spiro atoms. The van der Waals surface area contributed by atoms with Crippen LogP contribution >= 0.6 is 0 Å². The number of fused-ring (bicyclic) bond motifs is 2. The summed E-state index contributed by atoms with van der Waals surface area (Å²) in [7, 11) is 0. The molecule has 0 bridgehead atoms. The molecule has 1 aliphatic carbocycles. The number of nitrogens with one attached hydrogen (secondary N) is 2. The Morgan fingerprint density at radius 3 is 2.59 bits per heavy atom. The van der Waals surface area contributed by atoms with Crippen molar-refractivity contribution in [2.45, 2.75) is 38.0 Å². The number of rotatable bonds is 2. The monoisotopic (exact) mass is 389 g/mol. The van der Waals surface area contributed by atoms with E-state index in [0.717, 1.165) is 48.2 Å². The summed E-state index contributed by atoms with van der Waals surface area (Å²) in [6.45, 7) is 3.19. The normalized spacial score (nSPS) is 17.5. The molecule has 29 heavy (non-hydrogen) atoms. The van der Waals surface area contributed by atoms with Crippen molar-refractivity contribution in [1.82, 2.24) is 25.1 Å². The van der Waals surface area contributed by atoms with Gasteiger partial charge in [-0.2, -0.15) is 5.10 Å². The molecule has 2 aliphatic rings. The van der Waals surface area contributed by atoms with Crippen molar-refractivity contribution < 1.29 is 4.79 Å². The highest BCUT2D eigenvalue weighted by Gasteiger charge is 2.44. The SMILES string of the molecule is Cc1[nH]ncc1C(=O)N1CCC2(CCc3c2nc(-c2ccccc2)[nH]c3=O)CC1. The molecule has 0 saturated carbocycles. The number of aryl methyl sites for hydroxylation is 1. The molecule has 1 saturated heterocycles. The predicted octanol–water partition coefficient (Wildman–Crippen LogP) is 2.59. The number of benzene rings is 1. The van der Waals surface area contributed by atoms with E-state index >= 15 is 0 Å². The van der Waals surface area contributed by atoms with E-state index in [-0.39, 0.29) is 16.9 Å². The highest BCUT2D eigenvalue weighted by Crippen LogP contribution is 2.44. The molecule has 1 amide bonds. The molecule has 1 aromatic carbocycles. The Balaban J connectivity index is 1.43. The molecule has 0 atom stereocenters. The van der Waals surface area contributed by atoms with Gasteiger partial charge in [0, 0.05) is 35.3 Å². The van der Waals surface area contributed by atoms with E-state index in [1.807, 2.05) is 42.2 Å². The highest BCUT2D eigenvalue weighted by atomic mass is 16.2. The smallest absolute Gasteiger partial charge is 0.257 e. The zero-order valence-electron chi connectivity index (χ0n) is 16.4. The number of likely N-dealkylation sites (tertiary alicyclic amines) is 1. The van der Waals surface area contributed by atoms with E-state index in [4.69, 9.17) is 4.98 Å². The van der Waals surface area contributed by atoms with Crippen molar-refractivity contribution in [2.24, 2.45) is 0 Å². The van der Waals surface area contributed by atoms with E-state index in [9.17, 15) is 9.59 Å². The van der Waals surface area contributed by atoms with Crippen molar-refractivity contribution >= 4 is 5.91 Å². The second-order valence-electron chi connectivity index (χ2n) is 8.09. The average molecular weight is 389 g/mol. The van der Waals surface area contributed by atoms with Gasteiger partial charge in [-0.15, -0.1) is 0 Å². The molecule has 7 nitrogen and oxygen atoms in total.